The maximum absolute atomic E-state index is 12.8. The molecule has 7 nitrogen and oxygen atoms in total. The van der Waals surface area contributed by atoms with E-state index >= 15 is 0 Å². The van der Waals surface area contributed by atoms with Gasteiger partial charge in [-0.25, -0.2) is 13.6 Å². The predicted octanol–water partition coefficient (Wildman–Crippen LogP) is 3.40. The lowest BCUT2D eigenvalue weighted by Crippen LogP contribution is -2.21. The van der Waals surface area contributed by atoms with Gasteiger partial charge in [-0.3, -0.25) is 4.79 Å². The summed E-state index contributed by atoms with van der Waals surface area (Å²) in [7, 11) is -3.80. The van der Waals surface area contributed by atoms with Gasteiger partial charge in [0.15, 0.2) is 0 Å². The zero-order valence-electron chi connectivity index (χ0n) is 15.4. The summed E-state index contributed by atoms with van der Waals surface area (Å²) in [5, 5.41) is 10.6. The molecule has 0 fully saturated rings. The second kappa shape index (κ2) is 7.16. The summed E-state index contributed by atoms with van der Waals surface area (Å²) >= 11 is 0. The van der Waals surface area contributed by atoms with Gasteiger partial charge in [0.1, 0.15) is 11.5 Å². The van der Waals surface area contributed by atoms with Gasteiger partial charge in [0.2, 0.25) is 10.0 Å². The van der Waals surface area contributed by atoms with Crippen molar-refractivity contribution in [3.8, 4) is 11.3 Å². The molecule has 4 rings (SSSR count). The molecule has 0 atom stereocenters. The number of nitrogens with two attached hydrogens (primary N) is 1. The standard InChI is InChI=1S/C21H17N3O4S/c1-14-19(13-17-9-12-20(28-17)15-5-3-2-4-6-15)21(25)24(23-14)16-7-10-18(11-8-16)29(22,26)27/h2-13H,1H3,(H2,22,26,27)/b19-13-. The number of carbonyl (C=O) groups is 1. The van der Waals surface area contributed by atoms with E-state index in [2.05, 4.69) is 5.10 Å². The molecular formula is C21H17N3O4S. The Hall–Kier alpha value is -3.49. The molecule has 0 spiro atoms. The van der Waals surface area contributed by atoms with Crippen molar-refractivity contribution < 1.29 is 17.6 Å². The van der Waals surface area contributed by atoms with Crippen molar-refractivity contribution in [1.82, 2.24) is 0 Å². The van der Waals surface area contributed by atoms with Crippen LogP contribution in [0.15, 0.2) is 86.7 Å². The fraction of sp³-hybridized carbons (Fsp3) is 0.0476. The van der Waals surface area contributed by atoms with Crippen LogP contribution in [0.3, 0.4) is 0 Å². The van der Waals surface area contributed by atoms with Crippen molar-refractivity contribution in [1.29, 1.82) is 0 Å². The molecule has 2 N–H and O–H groups in total. The first-order valence-corrected chi connectivity index (χ1v) is 10.3. The zero-order valence-corrected chi connectivity index (χ0v) is 16.3. The van der Waals surface area contributed by atoms with Crippen molar-refractivity contribution in [3.05, 3.63) is 78.1 Å². The number of sulfonamides is 1. The minimum absolute atomic E-state index is 0.0339. The maximum atomic E-state index is 12.8. The summed E-state index contributed by atoms with van der Waals surface area (Å²) in [5.74, 6) is 0.907. The highest BCUT2D eigenvalue weighted by atomic mass is 32.2. The van der Waals surface area contributed by atoms with E-state index in [1.54, 1.807) is 19.1 Å². The van der Waals surface area contributed by atoms with E-state index in [0.717, 1.165) is 5.56 Å². The first kappa shape index (κ1) is 18.9. The second-order valence-electron chi connectivity index (χ2n) is 6.47. The van der Waals surface area contributed by atoms with Gasteiger partial charge in [0.25, 0.3) is 5.91 Å². The Labute approximate surface area is 167 Å². The van der Waals surface area contributed by atoms with Crippen LogP contribution in [-0.4, -0.2) is 20.0 Å². The van der Waals surface area contributed by atoms with Crippen LogP contribution in [0.2, 0.25) is 0 Å². The molecule has 1 aliphatic rings. The van der Waals surface area contributed by atoms with Gasteiger partial charge in [-0.1, -0.05) is 30.3 Å². The lowest BCUT2D eigenvalue weighted by molar-refractivity contribution is -0.114. The predicted molar refractivity (Wildman–Crippen MR) is 111 cm³/mol. The molecule has 3 aromatic rings. The van der Waals surface area contributed by atoms with Crippen LogP contribution in [0.4, 0.5) is 5.69 Å². The normalized spacial score (nSPS) is 15.8. The monoisotopic (exact) mass is 407 g/mol. The van der Waals surface area contributed by atoms with Gasteiger partial charge in [0, 0.05) is 5.56 Å². The van der Waals surface area contributed by atoms with Gasteiger partial charge in [-0.15, -0.1) is 0 Å². The molecule has 0 saturated heterocycles. The summed E-state index contributed by atoms with van der Waals surface area (Å²) in [4.78, 5) is 12.8. The number of carbonyl (C=O) groups excluding carboxylic acids is 1. The number of nitrogens with zero attached hydrogens (tertiary/aromatic N) is 2. The Balaban J connectivity index is 1.60. The largest absolute Gasteiger partial charge is 0.457 e. The van der Waals surface area contributed by atoms with Crippen LogP contribution in [0.1, 0.15) is 12.7 Å². The number of anilines is 1. The summed E-state index contributed by atoms with van der Waals surface area (Å²) in [6, 6.07) is 18.9. The molecule has 2 heterocycles. The van der Waals surface area contributed by atoms with Crippen molar-refractivity contribution >= 4 is 33.4 Å². The summed E-state index contributed by atoms with van der Waals surface area (Å²) in [6.07, 6.45) is 1.65. The highest BCUT2D eigenvalue weighted by Crippen LogP contribution is 2.28. The van der Waals surface area contributed by atoms with Crippen LogP contribution >= 0.6 is 0 Å². The third-order valence-corrected chi connectivity index (χ3v) is 5.37. The highest BCUT2D eigenvalue weighted by molar-refractivity contribution is 7.89. The molecule has 0 saturated carbocycles. The molecule has 0 unspecified atom stereocenters. The Bertz CT molecular complexity index is 1240. The van der Waals surface area contributed by atoms with E-state index in [-0.39, 0.29) is 10.8 Å². The Morgan fingerprint density at radius 1 is 1.00 bits per heavy atom. The van der Waals surface area contributed by atoms with Gasteiger partial charge in [-0.05, 0) is 49.4 Å². The maximum Gasteiger partial charge on any atom is 0.280 e. The Morgan fingerprint density at radius 3 is 2.34 bits per heavy atom. The first-order valence-electron chi connectivity index (χ1n) is 8.73. The fourth-order valence-electron chi connectivity index (χ4n) is 2.97. The first-order chi connectivity index (χ1) is 13.8. The van der Waals surface area contributed by atoms with Crippen molar-refractivity contribution in [2.45, 2.75) is 11.8 Å². The lowest BCUT2D eigenvalue weighted by Gasteiger charge is -2.11. The summed E-state index contributed by atoms with van der Waals surface area (Å²) < 4.78 is 28.6. The quantitative estimate of drug-likeness (QED) is 0.669. The van der Waals surface area contributed by atoms with E-state index < -0.39 is 10.0 Å². The van der Waals surface area contributed by atoms with Gasteiger partial charge >= 0.3 is 0 Å². The molecule has 8 heteroatoms. The molecule has 0 radical (unpaired) electrons. The van der Waals surface area contributed by atoms with Crippen molar-refractivity contribution in [3.63, 3.8) is 0 Å². The number of hydrazone groups is 1. The molecule has 1 amide bonds. The minimum Gasteiger partial charge on any atom is -0.457 e. The van der Waals surface area contributed by atoms with Crippen LogP contribution in [-0.2, 0) is 14.8 Å². The third kappa shape index (κ3) is 3.75. The summed E-state index contributed by atoms with van der Waals surface area (Å²) in [6.45, 7) is 1.73. The molecule has 1 aliphatic heterocycles. The smallest absolute Gasteiger partial charge is 0.280 e. The average molecular weight is 407 g/mol. The third-order valence-electron chi connectivity index (χ3n) is 4.44. The molecule has 1 aromatic heterocycles. The molecule has 0 bridgehead atoms. The molecule has 29 heavy (non-hydrogen) atoms. The topological polar surface area (TPSA) is 106 Å². The lowest BCUT2D eigenvalue weighted by atomic mass is 10.1. The Morgan fingerprint density at radius 2 is 1.69 bits per heavy atom. The number of rotatable bonds is 4. The van der Waals surface area contributed by atoms with Gasteiger partial charge in [-0.2, -0.15) is 10.1 Å². The zero-order chi connectivity index (χ0) is 20.6. The van der Waals surface area contributed by atoms with Crippen molar-refractivity contribution in [2.24, 2.45) is 10.2 Å². The number of furan rings is 1. The van der Waals surface area contributed by atoms with Gasteiger partial charge in [0.05, 0.1) is 21.9 Å². The Kier molecular flexibility index (Phi) is 4.65. The highest BCUT2D eigenvalue weighted by Gasteiger charge is 2.29. The van der Waals surface area contributed by atoms with Crippen LogP contribution < -0.4 is 10.1 Å². The van der Waals surface area contributed by atoms with E-state index in [1.165, 1.54) is 29.3 Å². The molecule has 146 valence electrons. The average Bonchev–Trinajstić information content (AvgIpc) is 3.28. The van der Waals surface area contributed by atoms with E-state index in [1.807, 2.05) is 36.4 Å². The van der Waals surface area contributed by atoms with Crippen LogP contribution in [0.5, 0.6) is 0 Å². The number of hydrogen-bond donors (Lipinski definition) is 1. The van der Waals surface area contributed by atoms with Crippen molar-refractivity contribution in [2.75, 3.05) is 5.01 Å². The van der Waals surface area contributed by atoms with Crippen LogP contribution in [0, 0.1) is 0 Å². The number of primary sulfonamides is 1. The SMILES string of the molecule is CC1=NN(c2ccc(S(N)(=O)=O)cc2)C(=O)/C1=C\c1ccc(-c2ccccc2)o1. The van der Waals surface area contributed by atoms with E-state index in [0.29, 0.717) is 28.5 Å². The number of hydrogen-bond acceptors (Lipinski definition) is 5. The fourth-order valence-corrected chi connectivity index (χ4v) is 3.48. The van der Waals surface area contributed by atoms with E-state index in [4.69, 9.17) is 9.56 Å². The summed E-state index contributed by atoms with van der Waals surface area (Å²) in [5.41, 5.74) is 2.31. The molecular weight excluding hydrogens is 390 g/mol. The number of amides is 1. The second-order valence-corrected chi connectivity index (χ2v) is 8.03. The van der Waals surface area contributed by atoms with Gasteiger partial charge < -0.3 is 4.42 Å². The van der Waals surface area contributed by atoms with Crippen LogP contribution in [0.25, 0.3) is 17.4 Å². The molecule has 0 aliphatic carbocycles. The molecule has 2 aromatic carbocycles. The minimum atomic E-state index is -3.80. The number of benzene rings is 2. The van der Waals surface area contributed by atoms with E-state index in [9.17, 15) is 13.2 Å².